The molecular weight excluding hydrogens is 298 g/mol. The van der Waals surface area contributed by atoms with Gasteiger partial charge in [-0.25, -0.2) is 9.78 Å². The lowest BCUT2D eigenvalue weighted by Crippen LogP contribution is -2.14. The molecule has 0 unspecified atom stereocenters. The van der Waals surface area contributed by atoms with Crippen LogP contribution >= 0.6 is 11.3 Å². The number of carbonyl (C=O) groups excluding carboxylic acids is 1. The molecular formula is C17H15NO3S. The second-order valence-electron chi connectivity index (χ2n) is 4.58. The first-order chi connectivity index (χ1) is 10.8. The van der Waals surface area contributed by atoms with Crippen molar-refractivity contribution in [2.45, 2.75) is 6.92 Å². The fourth-order valence-corrected chi connectivity index (χ4v) is 3.09. The van der Waals surface area contributed by atoms with Gasteiger partial charge >= 0.3 is 5.97 Å². The van der Waals surface area contributed by atoms with Crippen molar-refractivity contribution in [2.75, 3.05) is 13.2 Å². The number of hydrogen-bond acceptors (Lipinski definition) is 5. The highest BCUT2D eigenvalue weighted by atomic mass is 32.1. The van der Waals surface area contributed by atoms with Crippen molar-refractivity contribution in [3.63, 3.8) is 0 Å². The SMILES string of the molecule is CCOC(=O)COc1ccccc1-c1nc2ccccc2s1. The van der Waals surface area contributed by atoms with E-state index in [1.54, 1.807) is 18.3 Å². The Morgan fingerprint density at radius 2 is 1.91 bits per heavy atom. The number of ether oxygens (including phenoxy) is 2. The summed E-state index contributed by atoms with van der Waals surface area (Å²) in [5.74, 6) is 0.260. The average molecular weight is 313 g/mol. The van der Waals surface area contributed by atoms with E-state index in [9.17, 15) is 4.79 Å². The lowest BCUT2D eigenvalue weighted by Gasteiger charge is -2.09. The fourth-order valence-electron chi connectivity index (χ4n) is 2.10. The van der Waals surface area contributed by atoms with Crippen LogP contribution < -0.4 is 4.74 Å². The Morgan fingerprint density at radius 3 is 2.73 bits per heavy atom. The Hall–Kier alpha value is -2.40. The molecule has 0 saturated carbocycles. The van der Waals surface area contributed by atoms with Crippen LogP contribution in [0.1, 0.15) is 6.92 Å². The zero-order valence-corrected chi connectivity index (χ0v) is 12.9. The van der Waals surface area contributed by atoms with E-state index >= 15 is 0 Å². The number of benzene rings is 2. The largest absolute Gasteiger partial charge is 0.481 e. The molecule has 0 atom stereocenters. The summed E-state index contributed by atoms with van der Waals surface area (Å²) >= 11 is 1.60. The van der Waals surface area contributed by atoms with Crippen LogP contribution in [0.3, 0.4) is 0 Å². The highest BCUT2D eigenvalue weighted by Gasteiger charge is 2.12. The minimum absolute atomic E-state index is 0.101. The van der Waals surface area contributed by atoms with Gasteiger partial charge in [0.05, 0.1) is 22.4 Å². The number of rotatable bonds is 5. The number of thiazole rings is 1. The Kier molecular flexibility index (Phi) is 4.34. The van der Waals surface area contributed by atoms with Crippen molar-refractivity contribution < 1.29 is 14.3 Å². The third kappa shape index (κ3) is 3.09. The molecule has 22 heavy (non-hydrogen) atoms. The Balaban J connectivity index is 1.88. The van der Waals surface area contributed by atoms with Gasteiger partial charge in [0.15, 0.2) is 6.61 Å². The normalized spacial score (nSPS) is 10.6. The molecule has 0 aliphatic heterocycles. The highest BCUT2D eigenvalue weighted by Crippen LogP contribution is 2.35. The maximum Gasteiger partial charge on any atom is 0.344 e. The van der Waals surface area contributed by atoms with Crippen LogP contribution in [-0.2, 0) is 9.53 Å². The third-order valence-electron chi connectivity index (χ3n) is 3.06. The van der Waals surface area contributed by atoms with Crippen LogP contribution in [0.2, 0.25) is 0 Å². The van der Waals surface area contributed by atoms with E-state index in [-0.39, 0.29) is 12.6 Å². The van der Waals surface area contributed by atoms with Gasteiger partial charge in [-0.1, -0.05) is 24.3 Å². The van der Waals surface area contributed by atoms with Crippen LogP contribution in [-0.4, -0.2) is 24.2 Å². The van der Waals surface area contributed by atoms with Crippen molar-refractivity contribution in [3.05, 3.63) is 48.5 Å². The number of fused-ring (bicyclic) bond motifs is 1. The molecule has 1 heterocycles. The minimum atomic E-state index is -0.374. The van der Waals surface area contributed by atoms with Crippen molar-refractivity contribution in [1.29, 1.82) is 0 Å². The molecule has 0 aliphatic rings. The first kappa shape index (κ1) is 14.5. The molecule has 0 spiro atoms. The summed E-state index contributed by atoms with van der Waals surface area (Å²) in [6, 6.07) is 15.6. The smallest absolute Gasteiger partial charge is 0.344 e. The minimum Gasteiger partial charge on any atom is -0.481 e. The van der Waals surface area contributed by atoms with E-state index in [1.165, 1.54) is 0 Å². The van der Waals surface area contributed by atoms with E-state index in [0.29, 0.717) is 12.4 Å². The van der Waals surface area contributed by atoms with Crippen molar-refractivity contribution in [1.82, 2.24) is 4.98 Å². The van der Waals surface area contributed by atoms with Gasteiger partial charge < -0.3 is 9.47 Å². The number of para-hydroxylation sites is 2. The van der Waals surface area contributed by atoms with Gasteiger partial charge in [-0.3, -0.25) is 0 Å². The molecule has 4 nitrogen and oxygen atoms in total. The third-order valence-corrected chi connectivity index (χ3v) is 4.13. The van der Waals surface area contributed by atoms with Gasteiger partial charge in [-0.2, -0.15) is 0 Å². The molecule has 3 aromatic rings. The Morgan fingerprint density at radius 1 is 1.14 bits per heavy atom. The molecule has 5 heteroatoms. The average Bonchev–Trinajstić information content (AvgIpc) is 2.97. The quantitative estimate of drug-likeness (QED) is 0.670. The fraction of sp³-hybridized carbons (Fsp3) is 0.176. The second kappa shape index (κ2) is 6.58. The predicted molar refractivity (Wildman–Crippen MR) is 87.2 cm³/mol. The van der Waals surface area contributed by atoms with Gasteiger partial charge in [0, 0.05) is 0 Å². The van der Waals surface area contributed by atoms with Gasteiger partial charge in [-0.15, -0.1) is 11.3 Å². The molecule has 2 aromatic carbocycles. The van der Waals surface area contributed by atoms with Crippen molar-refractivity contribution >= 4 is 27.5 Å². The van der Waals surface area contributed by atoms with Crippen LogP contribution in [0.15, 0.2) is 48.5 Å². The van der Waals surface area contributed by atoms with Crippen LogP contribution in [0, 0.1) is 0 Å². The number of carbonyl (C=O) groups is 1. The van der Waals surface area contributed by atoms with Crippen LogP contribution in [0.4, 0.5) is 0 Å². The summed E-state index contributed by atoms with van der Waals surface area (Å²) in [4.78, 5) is 16.1. The summed E-state index contributed by atoms with van der Waals surface area (Å²) < 4.78 is 11.6. The standard InChI is InChI=1S/C17H15NO3S/c1-2-20-16(19)11-21-14-9-5-3-7-12(14)17-18-13-8-4-6-10-15(13)22-17/h3-10H,2,11H2,1H3. The van der Waals surface area contributed by atoms with Crippen molar-refractivity contribution in [3.8, 4) is 16.3 Å². The first-order valence-corrected chi connectivity index (χ1v) is 7.83. The molecule has 0 amide bonds. The Bertz CT molecular complexity index is 764. The topological polar surface area (TPSA) is 48.4 Å². The van der Waals surface area contributed by atoms with Gasteiger partial charge in [0.25, 0.3) is 0 Å². The van der Waals surface area contributed by atoms with E-state index in [0.717, 1.165) is 20.8 Å². The molecule has 0 bridgehead atoms. The summed E-state index contributed by atoms with van der Waals surface area (Å²) in [6.07, 6.45) is 0. The lowest BCUT2D eigenvalue weighted by atomic mass is 10.2. The molecule has 0 aliphatic carbocycles. The summed E-state index contributed by atoms with van der Waals surface area (Å²) in [6.45, 7) is 2.02. The number of esters is 1. The zero-order chi connectivity index (χ0) is 15.4. The first-order valence-electron chi connectivity index (χ1n) is 7.01. The molecule has 3 rings (SSSR count). The molecule has 0 saturated heterocycles. The molecule has 0 N–H and O–H groups in total. The maximum absolute atomic E-state index is 11.4. The molecule has 0 fully saturated rings. The van der Waals surface area contributed by atoms with E-state index in [2.05, 4.69) is 4.98 Å². The van der Waals surface area contributed by atoms with Crippen LogP contribution in [0.25, 0.3) is 20.8 Å². The van der Waals surface area contributed by atoms with E-state index < -0.39 is 0 Å². The van der Waals surface area contributed by atoms with E-state index in [1.807, 2.05) is 48.5 Å². The van der Waals surface area contributed by atoms with Gasteiger partial charge in [-0.05, 0) is 31.2 Å². The Labute approximate surface area is 132 Å². The van der Waals surface area contributed by atoms with Crippen LogP contribution in [0.5, 0.6) is 5.75 Å². The molecule has 0 radical (unpaired) electrons. The van der Waals surface area contributed by atoms with Gasteiger partial charge in [0.2, 0.25) is 0 Å². The molecule has 1 aromatic heterocycles. The van der Waals surface area contributed by atoms with Crippen molar-refractivity contribution in [2.24, 2.45) is 0 Å². The number of aromatic nitrogens is 1. The van der Waals surface area contributed by atoms with Gasteiger partial charge in [0.1, 0.15) is 10.8 Å². The summed E-state index contributed by atoms with van der Waals surface area (Å²) in [5.41, 5.74) is 1.84. The summed E-state index contributed by atoms with van der Waals surface area (Å²) in [5, 5.41) is 0.876. The highest BCUT2D eigenvalue weighted by molar-refractivity contribution is 7.21. The predicted octanol–water partition coefficient (Wildman–Crippen LogP) is 3.91. The number of nitrogens with zero attached hydrogens (tertiary/aromatic N) is 1. The zero-order valence-electron chi connectivity index (χ0n) is 12.1. The lowest BCUT2D eigenvalue weighted by molar-refractivity contribution is -0.145. The molecule has 112 valence electrons. The number of hydrogen-bond donors (Lipinski definition) is 0. The second-order valence-corrected chi connectivity index (χ2v) is 5.61. The summed E-state index contributed by atoms with van der Waals surface area (Å²) in [7, 11) is 0. The van der Waals surface area contributed by atoms with E-state index in [4.69, 9.17) is 9.47 Å². The monoisotopic (exact) mass is 313 g/mol. The maximum atomic E-state index is 11.4.